The van der Waals surface area contributed by atoms with Crippen molar-refractivity contribution >= 4 is 5.69 Å². The third-order valence-corrected chi connectivity index (χ3v) is 1.74. The molecular formula is C9H8N4O. The maximum atomic E-state index is 11.5. The van der Waals surface area contributed by atoms with Crippen LogP contribution >= 0.6 is 0 Å². The Morgan fingerprint density at radius 3 is 2.64 bits per heavy atom. The predicted molar refractivity (Wildman–Crippen MR) is 52.0 cm³/mol. The van der Waals surface area contributed by atoms with Gasteiger partial charge in [0.2, 0.25) is 5.95 Å². The van der Waals surface area contributed by atoms with E-state index in [2.05, 4.69) is 9.97 Å². The number of rotatable bonds is 1. The van der Waals surface area contributed by atoms with Crippen molar-refractivity contribution in [3.05, 3.63) is 47.1 Å². The Morgan fingerprint density at radius 1 is 1.21 bits per heavy atom. The van der Waals surface area contributed by atoms with Gasteiger partial charge in [-0.3, -0.25) is 9.36 Å². The molecule has 0 spiro atoms. The SMILES string of the molecule is Nc1cccn(-c2ncccn2)c1=O. The summed E-state index contributed by atoms with van der Waals surface area (Å²) < 4.78 is 1.30. The van der Waals surface area contributed by atoms with Crippen LogP contribution in [0.4, 0.5) is 5.69 Å². The molecule has 2 heterocycles. The molecule has 0 fully saturated rings. The number of hydrogen-bond donors (Lipinski definition) is 1. The fourth-order valence-electron chi connectivity index (χ4n) is 1.08. The Kier molecular flexibility index (Phi) is 1.98. The summed E-state index contributed by atoms with van der Waals surface area (Å²) in [6.45, 7) is 0. The summed E-state index contributed by atoms with van der Waals surface area (Å²) in [4.78, 5) is 19.4. The highest BCUT2D eigenvalue weighted by atomic mass is 16.1. The van der Waals surface area contributed by atoms with E-state index in [1.165, 1.54) is 4.57 Å². The molecule has 0 aliphatic carbocycles. The summed E-state index contributed by atoms with van der Waals surface area (Å²) in [5.74, 6) is 0.324. The lowest BCUT2D eigenvalue weighted by atomic mass is 10.4. The average Bonchev–Trinajstić information content (AvgIpc) is 2.23. The van der Waals surface area contributed by atoms with Crippen molar-refractivity contribution in [2.24, 2.45) is 0 Å². The second kappa shape index (κ2) is 3.29. The zero-order valence-corrected chi connectivity index (χ0v) is 7.29. The monoisotopic (exact) mass is 188 g/mol. The lowest BCUT2D eigenvalue weighted by Crippen LogP contribution is -2.21. The molecule has 0 amide bonds. The van der Waals surface area contributed by atoms with Crippen LogP contribution in [0.2, 0.25) is 0 Å². The van der Waals surface area contributed by atoms with Crippen molar-refractivity contribution in [1.82, 2.24) is 14.5 Å². The van der Waals surface area contributed by atoms with Crippen LogP contribution in [0.1, 0.15) is 0 Å². The Hall–Kier alpha value is -2.17. The molecule has 0 saturated carbocycles. The topological polar surface area (TPSA) is 73.8 Å². The van der Waals surface area contributed by atoms with Gasteiger partial charge in [-0.2, -0.15) is 0 Å². The smallest absolute Gasteiger partial charge is 0.280 e. The van der Waals surface area contributed by atoms with E-state index < -0.39 is 0 Å². The Balaban J connectivity index is 2.64. The van der Waals surface area contributed by atoms with Crippen LogP contribution in [-0.2, 0) is 0 Å². The third kappa shape index (κ3) is 1.35. The molecule has 0 unspecified atom stereocenters. The minimum Gasteiger partial charge on any atom is -0.394 e. The van der Waals surface area contributed by atoms with Crippen molar-refractivity contribution in [1.29, 1.82) is 0 Å². The first kappa shape index (κ1) is 8.43. The van der Waals surface area contributed by atoms with E-state index in [4.69, 9.17) is 5.73 Å². The lowest BCUT2D eigenvalue weighted by molar-refractivity contribution is 0.889. The van der Waals surface area contributed by atoms with Gasteiger partial charge in [0.05, 0.1) is 5.69 Å². The fraction of sp³-hybridized carbons (Fsp3) is 0. The molecule has 0 aliphatic heterocycles. The predicted octanol–water partition coefficient (Wildman–Crippen LogP) is 0.210. The fourth-order valence-corrected chi connectivity index (χ4v) is 1.08. The van der Waals surface area contributed by atoms with Crippen LogP contribution in [0.3, 0.4) is 0 Å². The highest BCUT2D eigenvalue weighted by Gasteiger charge is 2.02. The molecule has 2 rings (SSSR count). The van der Waals surface area contributed by atoms with E-state index in [9.17, 15) is 4.79 Å². The second-order valence-electron chi connectivity index (χ2n) is 2.69. The van der Waals surface area contributed by atoms with Gasteiger partial charge in [0.25, 0.3) is 5.56 Å². The molecule has 0 aromatic carbocycles. The Bertz CT molecular complexity index is 492. The molecule has 2 aromatic rings. The molecule has 0 aliphatic rings. The summed E-state index contributed by atoms with van der Waals surface area (Å²) >= 11 is 0. The number of nitrogen functional groups attached to an aromatic ring is 1. The van der Waals surface area contributed by atoms with Crippen LogP contribution in [0.5, 0.6) is 0 Å². The molecule has 2 N–H and O–H groups in total. The summed E-state index contributed by atoms with van der Waals surface area (Å²) in [6.07, 6.45) is 4.71. The largest absolute Gasteiger partial charge is 0.394 e. The van der Waals surface area contributed by atoms with Crippen LogP contribution in [-0.4, -0.2) is 14.5 Å². The molecule has 5 nitrogen and oxygen atoms in total. The Labute approximate surface area is 79.9 Å². The zero-order chi connectivity index (χ0) is 9.97. The minimum atomic E-state index is -0.307. The molecule has 0 radical (unpaired) electrons. The molecule has 70 valence electrons. The first-order chi connectivity index (χ1) is 6.79. The van der Waals surface area contributed by atoms with Crippen LogP contribution in [0.15, 0.2) is 41.6 Å². The van der Waals surface area contributed by atoms with Gasteiger partial charge in [-0.05, 0) is 18.2 Å². The van der Waals surface area contributed by atoms with Gasteiger partial charge in [-0.1, -0.05) is 0 Å². The number of nitrogens with zero attached hydrogens (tertiary/aromatic N) is 3. The summed E-state index contributed by atoms with van der Waals surface area (Å²) in [5, 5.41) is 0. The number of nitrogens with two attached hydrogens (primary N) is 1. The second-order valence-corrected chi connectivity index (χ2v) is 2.69. The molecule has 0 saturated heterocycles. The van der Waals surface area contributed by atoms with E-state index in [1.807, 2.05) is 0 Å². The summed E-state index contributed by atoms with van der Waals surface area (Å²) in [5.41, 5.74) is 5.34. The van der Waals surface area contributed by atoms with Crippen molar-refractivity contribution in [2.45, 2.75) is 0 Å². The van der Waals surface area contributed by atoms with E-state index in [0.717, 1.165) is 0 Å². The van der Waals surface area contributed by atoms with E-state index >= 15 is 0 Å². The molecular weight excluding hydrogens is 180 g/mol. The highest BCUT2D eigenvalue weighted by molar-refractivity contribution is 5.35. The van der Waals surface area contributed by atoms with Crippen LogP contribution < -0.4 is 11.3 Å². The minimum absolute atomic E-state index is 0.181. The number of hydrogen-bond acceptors (Lipinski definition) is 4. The van der Waals surface area contributed by atoms with Gasteiger partial charge >= 0.3 is 0 Å². The van der Waals surface area contributed by atoms with Crippen LogP contribution in [0, 0.1) is 0 Å². The van der Waals surface area contributed by atoms with Crippen molar-refractivity contribution in [2.75, 3.05) is 5.73 Å². The number of anilines is 1. The first-order valence-corrected chi connectivity index (χ1v) is 4.03. The first-order valence-electron chi connectivity index (χ1n) is 4.03. The van der Waals surface area contributed by atoms with E-state index in [-0.39, 0.29) is 11.2 Å². The van der Waals surface area contributed by atoms with Gasteiger partial charge in [0.15, 0.2) is 0 Å². The summed E-state index contributed by atoms with van der Waals surface area (Å²) in [7, 11) is 0. The third-order valence-electron chi connectivity index (χ3n) is 1.74. The highest BCUT2D eigenvalue weighted by Crippen LogP contribution is 1.97. The number of pyridine rings is 1. The van der Waals surface area contributed by atoms with Crippen molar-refractivity contribution in [3.8, 4) is 5.95 Å². The standard InChI is InChI=1S/C9H8N4O/c10-7-3-1-6-13(8(7)14)9-11-4-2-5-12-9/h1-6H,10H2. The maximum Gasteiger partial charge on any atom is 0.280 e. The molecule has 0 atom stereocenters. The van der Waals surface area contributed by atoms with Gasteiger partial charge in [-0.15, -0.1) is 0 Å². The Morgan fingerprint density at radius 2 is 1.93 bits per heavy atom. The van der Waals surface area contributed by atoms with Gasteiger partial charge in [0.1, 0.15) is 0 Å². The van der Waals surface area contributed by atoms with Gasteiger partial charge in [-0.25, -0.2) is 9.97 Å². The van der Waals surface area contributed by atoms with Gasteiger partial charge < -0.3 is 5.73 Å². The average molecular weight is 188 g/mol. The van der Waals surface area contributed by atoms with E-state index in [0.29, 0.717) is 5.95 Å². The molecule has 2 aromatic heterocycles. The quantitative estimate of drug-likeness (QED) is 0.694. The van der Waals surface area contributed by atoms with E-state index in [1.54, 1.807) is 36.8 Å². The lowest BCUT2D eigenvalue weighted by Gasteiger charge is -2.02. The normalized spacial score (nSPS) is 10.0. The number of aromatic nitrogens is 3. The van der Waals surface area contributed by atoms with Crippen molar-refractivity contribution in [3.63, 3.8) is 0 Å². The summed E-state index contributed by atoms with van der Waals surface area (Å²) in [6, 6.07) is 4.90. The molecule has 14 heavy (non-hydrogen) atoms. The van der Waals surface area contributed by atoms with Gasteiger partial charge in [0, 0.05) is 18.6 Å². The zero-order valence-electron chi connectivity index (χ0n) is 7.29. The molecule has 5 heteroatoms. The van der Waals surface area contributed by atoms with Crippen molar-refractivity contribution < 1.29 is 0 Å². The molecule has 0 bridgehead atoms. The maximum absolute atomic E-state index is 11.5. The van der Waals surface area contributed by atoms with Crippen LogP contribution in [0.25, 0.3) is 5.95 Å².